The van der Waals surface area contributed by atoms with E-state index >= 15 is 0 Å². The summed E-state index contributed by atoms with van der Waals surface area (Å²) in [6.45, 7) is 2.02. The van der Waals surface area contributed by atoms with E-state index in [2.05, 4.69) is 20.3 Å². The summed E-state index contributed by atoms with van der Waals surface area (Å²) in [6, 6.07) is 1.48. The predicted molar refractivity (Wildman–Crippen MR) is 50.0 cm³/mol. The Kier molecular flexibility index (Phi) is 3.66. The van der Waals surface area contributed by atoms with Gasteiger partial charge in [-0.3, -0.25) is 9.59 Å². The monoisotopic (exact) mass is 197 g/mol. The van der Waals surface area contributed by atoms with Gasteiger partial charge in [-0.05, 0) is 13.0 Å². The first kappa shape index (κ1) is 10.2. The molecule has 0 spiro atoms. The molecule has 6 nitrogen and oxygen atoms in total. The fourth-order valence-corrected chi connectivity index (χ4v) is 0.862. The van der Waals surface area contributed by atoms with Gasteiger partial charge in [0.15, 0.2) is 0 Å². The summed E-state index contributed by atoms with van der Waals surface area (Å²) in [4.78, 5) is 22.0. The molecule has 0 saturated heterocycles. The van der Waals surface area contributed by atoms with E-state index < -0.39 is 5.97 Å². The molecule has 1 heterocycles. The molecule has 0 atom stereocenters. The lowest BCUT2D eigenvalue weighted by atomic mass is 10.4. The Hall–Kier alpha value is -1.85. The van der Waals surface area contributed by atoms with Crippen LogP contribution in [0.25, 0.3) is 0 Å². The number of aromatic amines is 1. The van der Waals surface area contributed by atoms with Gasteiger partial charge in [-0.25, -0.2) is 5.10 Å². The molecule has 0 radical (unpaired) electrons. The lowest BCUT2D eigenvalue weighted by molar-refractivity contribution is -0.140. The molecule has 76 valence electrons. The van der Waals surface area contributed by atoms with Crippen LogP contribution < -0.4 is 10.9 Å². The van der Waals surface area contributed by atoms with Gasteiger partial charge in [0.1, 0.15) is 12.2 Å². The van der Waals surface area contributed by atoms with Gasteiger partial charge in [-0.1, -0.05) is 0 Å². The summed E-state index contributed by atoms with van der Waals surface area (Å²) in [6.07, 6.45) is 1.43. The van der Waals surface area contributed by atoms with E-state index in [0.29, 0.717) is 12.3 Å². The SMILES string of the molecule is CCOC(=O)CNc1ccn[nH]c1=O. The minimum absolute atomic E-state index is 0.0269. The van der Waals surface area contributed by atoms with Gasteiger partial charge in [0, 0.05) is 6.20 Å². The van der Waals surface area contributed by atoms with Gasteiger partial charge in [-0.2, -0.15) is 5.10 Å². The van der Waals surface area contributed by atoms with Crippen molar-refractivity contribution in [3.8, 4) is 0 Å². The van der Waals surface area contributed by atoms with Crippen LogP contribution in [-0.4, -0.2) is 29.3 Å². The van der Waals surface area contributed by atoms with E-state index in [9.17, 15) is 9.59 Å². The first-order valence-corrected chi connectivity index (χ1v) is 4.17. The number of carbonyl (C=O) groups is 1. The number of rotatable bonds is 4. The average molecular weight is 197 g/mol. The van der Waals surface area contributed by atoms with Crippen molar-refractivity contribution in [2.24, 2.45) is 0 Å². The van der Waals surface area contributed by atoms with Crippen molar-refractivity contribution in [1.82, 2.24) is 10.2 Å². The van der Waals surface area contributed by atoms with E-state index in [1.807, 2.05) is 0 Å². The number of nitrogens with zero attached hydrogens (tertiary/aromatic N) is 1. The quantitative estimate of drug-likeness (QED) is 0.650. The van der Waals surface area contributed by atoms with E-state index in [4.69, 9.17) is 0 Å². The van der Waals surface area contributed by atoms with Gasteiger partial charge < -0.3 is 10.1 Å². The van der Waals surface area contributed by atoms with Gasteiger partial charge in [-0.15, -0.1) is 0 Å². The highest BCUT2D eigenvalue weighted by Gasteiger charge is 2.02. The van der Waals surface area contributed by atoms with Crippen LogP contribution in [0.3, 0.4) is 0 Å². The van der Waals surface area contributed by atoms with Gasteiger partial charge in [0.05, 0.1) is 6.61 Å². The molecule has 1 aromatic heterocycles. The Bertz CT molecular complexity index is 361. The van der Waals surface area contributed by atoms with Crippen LogP contribution in [-0.2, 0) is 9.53 Å². The summed E-state index contributed by atoms with van der Waals surface area (Å²) in [7, 11) is 0. The normalized spacial score (nSPS) is 9.50. The Morgan fingerprint density at radius 1 is 1.71 bits per heavy atom. The smallest absolute Gasteiger partial charge is 0.325 e. The Balaban J connectivity index is 2.50. The first-order valence-electron chi connectivity index (χ1n) is 4.17. The molecule has 1 aromatic rings. The number of aromatic nitrogens is 2. The van der Waals surface area contributed by atoms with Crippen LogP contribution in [0.4, 0.5) is 5.69 Å². The molecule has 0 unspecified atom stereocenters. The third-order valence-corrected chi connectivity index (χ3v) is 1.45. The number of esters is 1. The van der Waals surface area contributed by atoms with Gasteiger partial charge in [0.25, 0.3) is 5.56 Å². The molecule has 14 heavy (non-hydrogen) atoms. The molecule has 1 rings (SSSR count). The molecule has 0 aliphatic heterocycles. The molecule has 6 heteroatoms. The van der Waals surface area contributed by atoms with Crippen LogP contribution in [0.1, 0.15) is 6.92 Å². The molecular weight excluding hydrogens is 186 g/mol. The second-order valence-corrected chi connectivity index (χ2v) is 2.46. The average Bonchev–Trinajstić information content (AvgIpc) is 2.17. The fraction of sp³-hybridized carbons (Fsp3) is 0.375. The maximum Gasteiger partial charge on any atom is 0.325 e. The molecule has 0 bridgehead atoms. The Morgan fingerprint density at radius 2 is 2.50 bits per heavy atom. The number of hydrogen-bond donors (Lipinski definition) is 2. The summed E-state index contributed by atoms with van der Waals surface area (Å²) in [5.74, 6) is -0.399. The predicted octanol–water partition coefficient (Wildman–Crippen LogP) is -0.255. The molecule has 0 aliphatic rings. The van der Waals surface area contributed by atoms with Gasteiger partial charge >= 0.3 is 5.97 Å². The number of ether oxygens (including phenoxy) is 1. The van der Waals surface area contributed by atoms with Crippen LogP contribution in [0.2, 0.25) is 0 Å². The largest absolute Gasteiger partial charge is 0.465 e. The second kappa shape index (κ2) is 5.00. The van der Waals surface area contributed by atoms with Crippen molar-refractivity contribution in [1.29, 1.82) is 0 Å². The zero-order valence-corrected chi connectivity index (χ0v) is 7.74. The molecule has 0 fully saturated rings. The fourth-order valence-electron chi connectivity index (χ4n) is 0.862. The van der Waals surface area contributed by atoms with Crippen molar-refractivity contribution in [3.63, 3.8) is 0 Å². The van der Waals surface area contributed by atoms with Crippen LogP contribution in [0, 0.1) is 0 Å². The maximum absolute atomic E-state index is 11.1. The minimum Gasteiger partial charge on any atom is -0.465 e. The third-order valence-electron chi connectivity index (χ3n) is 1.45. The summed E-state index contributed by atoms with van der Waals surface area (Å²) in [5.41, 5.74) is -0.0650. The van der Waals surface area contributed by atoms with Crippen LogP contribution in [0.15, 0.2) is 17.1 Å². The highest BCUT2D eigenvalue weighted by Crippen LogP contribution is 1.93. The zero-order valence-electron chi connectivity index (χ0n) is 7.74. The molecule has 0 aromatic carbocycles. The van der Waals surface area contributed by atoms with Crippen LogP contribution >= 0.6 is 0 Å². The van der Waals surface area contributed by atoms with Crippen molar-refractivity contribution < 1.29 is 9.53 Å². The number of nitrogens with one attached hydrogen (secondary N) is 2. The van der Waals surface area contributed by atoms with E-state index in [1.165, 1.54) is 12.3 Å². The summed E-state index contributed by atoms with van der Waals surface area (Å²) in [5, 5.41) is 8.39. The summed E-state index contributed by atoms with van der Waals surface area (Å²) < 4.78 is 4.67. The van der Waals surface area contributed by atoms with Crippen molar-refractivity contribution in [3.05, 3.63) is 22.6 Å². The zero-order chi connectivity index (χ0) is 10.4. The molecule has 0 aliphatic carbocycles. The Labute approximate surface area is 80.3 Å². The molecule has 2 N–H and O–H groups in total. The second-order valence-electron chi connectivity index (χ2n) is 2.46. The Morgan fingerprint density at radius 3 is 3.14 bits per heavy atom. The highest BCUT2D eigenvalue weighted by atomic mass is 16.5. The van der Waals surface area contributed by atoms with Gasteiger partial charge in [0.2, 0.25) is 0 Å². The molecule has 0 saturated carbocycles. The van der Waals surface area contributed by atoms with E-state index in [-0.39, 0.29) is 12.1 Å². The van der Waals surface area contributed by atoms with Crippen molar-refractivity contribution in [2.45, 2.75) is 6.92 Å². The molecule has 0 amide bonds. The minimum atomic E-state index is -0.399. The van der Waals surface area contributed by atoms with E-state index in [0.717, 1.165) is 0 Å². The highest BCUT2D eigenvalue weighted by molar-refractivity contribution is 5.74. The third kappa shape index (κ3) is 2.89. The topological polar surface area (TPSA) is 84.1 Å². The molecular formula is C8H11N3O3. The lowest BCUT2D eigenvalue weighted by Gasteiger charge is -2.03. The lowest BCUT2D eigenvalue weighted by Crippen LogP contribution is -2.21. The number of hydrogen-bond acceptors (Lipinski definition) is 5. The van der Waals surface area contributed by atoms with Crippen molar-refractivity contribution in [2.75, 3.05) is 18.5 Å². The van der Waals surface area contributed by atoms with Crippen molar-refractivity contribution >= 4 is 11.7 Å². The number of anilines is 1. The maximum atomic E-state index is 11.1. The number of carbonyl (C=O) groups excluding carboxylic acids is 1. The van der Waals surface area contributed by atoms with Crippen LogP contribution in [0.5, 0.6) is 0 Å². The number of H-pyrrole nitrogens is 1. The standard InChI is InChI=1S/C8H11N3O3/c1-2-14-7(12)5-9-6-3-4-10-11-8(6)13/h3-4H,2,5H2,1H3,(H,9,10)(H,11,13). The summed E-state index contributed by atoms with van der Waals surface area (Å²) >= 11 is 0. The van der Waals surface area contributed by atoms with E-state index in [1.54, 1.807) is 6.92 Å². The first-order chi connectivity index (χ1) is 6.74.